The van der Waals surface area contributed by atoms with Crippen molar-refractivity contribution < 1.29 is 14.0 Å². The van der Waals surface area contributed by atoms with E-state index in [1.54, 1.807) is 0 Å². The summed E-state index contributed by atoms with van der Waals surface area (Å²) in [6, 6.07) is 0. The molecule has 0 radical (unpaired) electrons. The van der Waals surface area contributed by atoms with E-state index in [2.05, 4.69) is 81.6 Å². The summed E-state index contributed by atoms with van der Waals surface area (Å²) in [6.07, 6.45) is 11.2. The molecule has 0 aliphatic heterocycles. The highest BCUT2D eigenvalue weighted by Crippen LogP contribution is 2.63. The van der Waals surface area contributed by atoms with Crippen LogP contribution >= 0.6 is 0 Å². The van der Waals surface area contributed by atoms with Crippen LogP contribution in [0, 0.1) is 22.7 Å². The number of rotatable bonds is 11. The molecule has 2 rings (SSSR count). The highest BCUT2D eigenvalue weighted by molar-refractivity contribution is 6.74. The molecule has 0 saturated heterocycles. The lowest BCUT2D eigenvalue weighted by molar-refractivity contribution is -0.0508. The van der Waals surface area contributed by atoms with Crippen LogP contribution in [0.2, 0.25) is 36.3 Å². The van der Waals surface area contributed by atoms with Crippen molar-refractivity contribution in [1.29, 1.82) is 0 Å². The first-order valence-corrected chi connectivity index (χ1v) is 21.3. The van der Waals surface area contributed by atoms with Crippen LogP contribution in [-0.2, 0) is 8.85 Å². The SMILES string of the molecule is CC(C)(O)CCCC(C)(CCO[Si](C)(C)C(C)(C)C)[C@H]1CC[C@H]2[C@@H](O[Si](C)(C)C(C)(C)C)CCC[C@]12C. The molecule has 1 unspecified atom stereocenters. The molecule has 2 fully saturated rings. The zero-order valence-electron chi connectivity index (χ0n) is 27.6. The van der Waals surface area contributed by atoms with Crippen molar-refractivity contribution >= 4 is 16.6 Å². The normalized spacial score (nSPS) is 29.8. The summed E-state index contributed by atoms with van der Waals surface area (Å²) in [5, 5.41) is 11.0. The Hall–Kier alpha value is 0.314. The maximum Gasteiger partial charge on any atom is 0.192 e. The second kappa shape index (κ2) is 11.3. The maximum absolute atomic E-state index is 10.5. The summed E-state index contributed by atoms with van der Waals surface area (Å²) in [5.74, 6) is 1.37. The summed E-state index contributed by atoms with van der Waals surface area (Å²) < 4.78 is 13.9. The molecule has 0 aromatic carbocycles. The Morgan fingerprint density at radius 2 is 1.35 bits per heavy atom. The summed E-state index contributed by atoms with van der Waals surface area (Å²) in [4.78, 5) is 0. The molecular formula is C32H66O3Si2. The van der Waals surface area contributed by atoms with E-state index in [1.807, 2.05) is 13.8 Å². The van der Waals surface area contributed by atoms with Gasteiger partial charge in [-0.2, -0.15) is 0 Å². The molecule has 2 aliphatic carbocycles. The van der Waals surface area contributed by atoms with Crippen LogP contribution in [-0.4, -0.2) is 40.1 Å². The highest BCUT2D eigenvalue weighted by Gasteiger charge is 2.57. The number of aliphatic hydroxyl groups is 1. The predicted molar refractivity (Wildman–Crippen MR) is 166 cm³/mol. The van der Waals surface area contributed by atoms with E-state index in [4.69, 9.17) is 8.85 Å². The zero-order chi connectivity index (χ0) is 28.7. The molecule has 5 heteroatoms. The van der Waals surface area contributed by atoms with Crippen molar-refractivity contribution in [2.45, 2.75) is 175 Å². The molecule has 0 heterocycles. The molecule has 5 atom stereocenters. The van der Waals surface area contributed by atoms with E-state index in [0.29, 0.717) is 23.4 Å². The first-order valence-electron chi connectivity index (χ1n) is 15.5. The van der Waals surface area contributed by atoms with Crippen molar-refractivity contribution in [3.05, 3.63) is 0 Å². The Morgan fingerprint density at radius 3 is 1.86 bits per heavy atom. The van der Waals surface area contributed by atoms with E-state index in [0.717, 1.165) is 25.9 Å². The Labute approximate surface area is 234 Å². The van der Waals surface area contributed by atoms with E-state index < -0.39 is 22.2 Å². The van der Waals surface area contributed by atoms with Crippen molar-refractivity contribution in [2.24, 2.45) is 22.7 Å². The fourth-order valence-electron chi connectivity index (χ4n) is 7.11. The van der Waals surface area contributed by atoms with Crippen molar-refractivity contribution in [2.75, 3.05) is 6.61 Å². The molecule has 0 aromatic rings. The van der Waals surface area contributed by atoms with E-state index in [1.165, 1.54) is 38.5 Å². The smallest absolute Gasteiger partial charge is 0.192 e. The fourth-order valence-corrected chi connectivity index (χ4v) is 9.55. The number of hydrogen-bond acceptors (Lipinski definition) is 3. The van der Waals surface area contributed by atoms with Crippen molar-refractivity contribution in [1.82, 2.24) is 0 Å². The van der Waals surface area contributed by atoms with Gasteiger partial charge in [0.05, 0.1) is 5.60 Å². The molecular weight excluding hydrogens is 489 g/mol. The third-order valence-electron chi connectivity index (χ3n) is 11.6. The minimum absolute atomic E-state index is 0.232. The monoisotopic (exact) mass is 554 g/mol. The van der Waals surface area contributed by atoms with Gasteiger partial charge in [-0.25, -0.2) is 0 Å². The lowest BCUT2D eigenvalue weighted by Gasteiger charge is -2.53. The topological polar surface area (TPSA) is 38.7 Å². The van der Waals surface area contributed by atoms with Gasteiger partial charge in [-0.05, 0) is 118 Å². The summed E-state index contributed by atoms with van der Waals surface area (Å²) in [5.41, 5.74) is -0.0185. The standard InChI is InChI=1S/C32H66O3Si2/c1-28(2,3)36(11,12)34-24-23-31(9,21-16-20-30(7,8)33)27-19-18-25-26(17-15-22-32(25,27)10)35-37(13,14)29(4,5)6/h25-27,33H,15-24H2,1-14H3/t25-,26-,27+,31?,32-/m0/s1. The van der Waals surface area contributed by atoms with Crippen LogP contribution in [0.15, 0.2) is 0 Å². The molecule has 1 N–H and O–H groups in total. The Kier molecular flexibility index (Phi) is 10.2. The van der Waals surface area contributed by atoms with Crippen LogP contribution in [0.1, 0.15) is 127 Å². The molecule has 0 spiro atoms. The van der Waals surface area contributed by atoms with Gasteiger partial charge in [-0.3, -0.25) is 0 Å². The van der Waals surface area contributed by atoms with Crippen LogP contribution in [0.3, 0.4) is 0 Å². The molecule has 3 nitrogen and oxygen atoms in total. The second-order valence-electron chi connectivity index (χ2n) is 17.2. The summed E-state index contributed by atoms with van der Waals surface area (Å²) in [7, 11) is -3.57. The van der Waals surface area contributed by atoms with Crippen LogP contribution in [0.4, 0.5) is 0 Å². The van der Waals surface area contributed by atoms with Gasteiger partial charge in [0.2, 0.25) is 0 Å². The number of hydrogen-bond donors (Lipinski definition) is 1. The molecule has 0 bridgehead atoms. The average Bonchev–Trinajstić information content (AvgIpc) is 3.03. The van der Waals surface area contributed by atoms with Gasteiger partial charge in [0.1, 0.15) is 0 Å². The Balaban J connectivity index is 2.28. The average molecular weight is 555 g/mol. The number of fused-ring (bicyclic) bond motifs is 1. The van der Waals surface area contributed by atoms with Gasteiger partial charge in [0.25, 0.3) is 0 Å². The minimum atomic E-state index is -1.80. The minimum Gasteiger partial charge on any atom is -0.417 e. The summed E-state index contributed by atoms with van der Waals surface area (Å²) >= 11 is 0. The predicted octanol–water partition coefficient (Wildman–Crippen LogP) is 9.95. The van der Waals surface area contributed by atoms with Gasteiger partial charge in [-0.1, -0.05) is 68.2 Å². The third kappa shape index (κ3) is 7.95. The Morgan fingerprint density at radius 1 is 0.784 bits per heavy atom. The second-order valence-corrected chi connectivity index (χ2v) is 26.8. The molecule has 0 amide bonds. The lowest BCUT2D eigenvalue weighted by atomic mass is 9.56. The van der Waals surface area contributed by atoms with Gasteiger partial charge in [-0.15, -0.1) is 0 Å². The van der Waals surface area contributed by atoms with Gasteiger partial charge in [0, 0.05) is 12.7 Å². The zero-order valence-corrected chi connectivity index (χ0v) is 29.6. The van der Waals surface area contributed by atoms with E-state index >= 15 is 0 Å². The fraction of sp³-hybridized carbons (Fsp3) is 1.00. The summed E-state index contributed by atoms with van der Waals surface area (Å²) in [6.45, 7) is 33.8. The highest BCUT2D eigenvalue weighted by atomic mass is 28.4. The molecule has 220 valence electrons. The van der Waals surface area contributed by atoms with Crippen LogP contribution in [0.5, 0.6) is 0 Å². The van der Waals surface area contributed by atoms with Gasteiger partial charge in [0.15, 0.2) is 16.6 Å². The van der Waals surface area contributed by atoms with Crippen molar-refractivity contribution in [3.63, 3.8) is 0 Å². The molecule has 2 saturated carbocycles. The molecule has 37 heavy (non-hydrogen) atoms. The lowest BCUT2D eigenvalue weighted by Crippen LogP contribution is -2.51. The first-order chi connectivity index (χ1) is 16.5. The molecule has 0 aromatic heterocycles. The van der Waals surface area contributed by atoms with Gasteiger partial charge >= 0.3 is 0 Å². The maximum atomic E-state index is 10.5. The van der Waals surface area contributed by atoms with Crippen molar-refractivity contribution in [3.8, 4) is 0 Å². The molecule has 2 aliphatic rings. The largest absolute Gasteiger partial charge is 0.417 e. The first kappa shape index (κ1) is 33.5. The Bertz CT molecular complexity index is 743. The van der Waals surface area contributed by atoms with Crippen LogP contribution < -0.4 is 0 Å². The van der Waals surface area contributed by atoms with E-state index in [9.17, 15) is 5.11 Å². The quantitative estimate of drug-likeness (QED) is 0.258. The van der Waals surface area contributed by atoms with Crippen LogP contribution in [0.25, 0.3) is 0 Å². The van der Waals surface area contributed by atoms with Gasteiger partial charge < -0.3 is 14.0 Å². The third-order valence-corrected chi connectivity index (χ3v) is 20.7. The van der Waals surface area contributed by atoms with E-state index in [-0.39, 0.29) is 15.5 Å².